The van der Waals surface area contributed by atoms with Gasteiger partial charge in [-0.05, 0) is 18.6 Å². The van der Waals surface area contributed by atoms with Crippen molar-refractivity contribution in [2.24, 2.45) is 0 Å². The second-order valence-electron chi connectivity index (χ2n) is 4.59. The molecule has 20 heavy (non-hydrogen) atoms. The summed E-state index contributed by atoms with van der Waals surface area (Å²) in [5.41, 5.74) is 0.776. The number of nitrogens with zero attached hydrogens (tertiary/aromatic N) is 3. The number of carbonyl (C=O) groups excluding carboxylic acids is 1. The van der Waals surface area contributed by atoms with Crippen molar-refractivity contribution >= 4 is 11.6 Å². The highest BCUT2D eigenvalue weighted by atomic mass is 16.5. The van der Waals surface area contributed by atoms with Crippen LogP contribution in [-0.2, 0) is 6.42 Å². The Hall–Kier alpha value is -2.37. The fourth-order valence-electron chi connectivity index (χ4n) is 2.21. The van der Waals surface area contributed by atoms with Gasteiger partial charge in [-0.1, -0.05) is 19.1 Å². The van der Waals surface area contributed by atoms with Gasteiger partial charge in [0.25, 0.3) is 5.91 Å². The number of ether oxygens (including phenoxy) is 1. The van der Waals surface area contributed by atoms with E-state index >= 15 is 0 Å². The van der Waals surface area contributed by atoms with E-state index in [2.05, 4.69) is 15.2 Å². The van der Waals surface area contributed by atoms with Crippen molar-refractivity contribution in [2.75, 3.05) is 18.1 Å². The molecule has 0 fully saturated rings. The summed E-state index contributed by atoms with van der Waals surface area (Å²) in [6.07, 6.45) is 1.51. The summed E-state index contributed by atoms with van der Waals surface area (Å²) < 4.78 is 5.65. The molecular formula is C14H16N4O2. The number of rotatable bonds is 2. The van der Waals surface area contributed by atoms with Gasteiger partial charge < -0.3 is 9.64 Å². The van der Waals surface area contributed by atoms with E-state index in [1.807, 2.05) is 31.2 Å². The Balaban J connectivity index is 1.94. The van der Waals surface area contributed by atoms with Crippen LogP contribution in [0.1, 0.15) is 29.8 Å². The summed E-state index contributed by atoms with van der Waals surface area (Å²) in [5, 5.41) is 6.77. The third-order valence-corrected chi connectivity index (χ3v) is 3.24. The molecule has 6 heteroatoms. The zero-order chi connectivity index (χ0) is 13.9. The van der Waals surface area contributed by atoms with Crippen LogP contribution in [0.15, 0.2) is 24.3 Å². The minimum absolute atomic E-state index is 0.195. The van der Waals surface area contributed by atoms with Crippen molar-refractivity contribution in [2.45, 2.75) is 19.8 Å². The molecular weight excluding hydrogens is 256 g/mol. The number of hydrogen-bond donors (Lipinski definition) is 1. The van der Waals surface area contributed by atoms with Gasteiger partial charge in [0.15, 0.2) is 0 Å². The molecule has 0 radical (unpaired) electrons. The highest BCUT2D eigenvalue weighted by Crippen LogP contribution is 2.31. The predicted molar refractivity (Wildman–Crippen MR) is 74.0 cm³/mol. The second-order valence-corrected chi connectivity index (χ2v) is 4.59. The van der Waals surface area contributed by atoms with Crippen molar-refractivity contribution in [3.05, 3.63) is 35.9 Å². The molecule has 0 unspecified atom stereocenters. The SMILES string of the molecule is CCc1nc(C(=O)N2CCCOc3ccccc32)n[nH]1. The lowest BCUT2D eigenvalue weighted by atomic mass is 10.2. The van der Waals surface area contributed by atoms with Gasteiger partial charge in [0.2, 0.25) is 5.82 Å². The van der Waals surface area contributed by atoms with E-state index in [0.29, 0.717) is 19.0 Å². The fourth-order valence-corrected chi connectivity index (χ4v) is 2.21. The van der Waals surface area contributed by atoms with Gasteiger partial charge in [0.05, 0.1) is 12.3 Å². The van der Waals surface area contributed by atoms with Crippen molar-refractivity contribution < 1.29 is 9.53 Å². The highest BCUT2D eigenvalue weighted by molar-refractivity contribution is 6.04. The largest absolute Gasteiger partial charge is 0.491 e. The van der Waals surface area contributed by atoms with Crippen LogP contribution in [0.3, 0.4) is 0 Å². The Labute approximate surface area is 116 Å². The Morgan fingerprint density at radius 2 is 2.30 bits per heavy atom. The van der Waals surface area contributed by atoms with Crippen molar-refractivity contribution in [1.29, 1.82) is 0 Å². The Morgan fingerprint density at radius 1 is 1.45 bits per heavy atom. The summed E-state index contributed by atoms with van der Waals surface area (Å²) in [5.74, 6) is 1.45. The van der Waals surface area contributed by atoms with Gasteiger partial charge in [0, 0.05) is 13.0 Å². The summed E-state index contributed by atoms with van der Waals surface area (Å²) in [4.78, 5) is 18.5. The maximum atomic E-state index is 12.6. The number of nitrogens with one attached hydrogen (secondary N) is 1. The molecule has 1 aliphatic heterocycles. The van der Waals surface area contributed by atoms with Crippen LogP contribution in [0.2, 0.25) is 0 Å². The van der Waals surface area contributed by atoms with Crippen LogP contribution in [-0.4, -0.2) is 34.2 Å². The quantitative estimate of drug-likeness (QED) is 0.904. The first-order chi connectivity index (χ1) is 9.79. The molecule has 0 aliphatic carbocycles. The Morgan fingerprint density at radius 3 is 3.10 bits per heavy atom. The predicted octanol–water partition coefficient (Wildman–Crippen LogP) is 1.80. The molecule has 6 nitrogen and oxygen atoms in total. The number of anilines is 1. The van der Waals surface area contributed by atoms with Crippen molar-refractivity contribution in [3.63, 3.8) is 0 Å². The van der Waals surface area contributed by atoms with E-state index in [-0.39, 0.29) is 11.7 Å². The minimum atomic E-state index is -0.195. The maximum absolute atomic E-state index is 12.6. The van der Waals surface area contributed by atoms with Crippen LogP contribution < -0.4 is 9.64 Å². The monoisotopic (exact) mass is 272 g/mol. The van der Waals surface area contributed by atoms with Crippen LogP contribution in [0, 0.1) is 0 Å². The summed E-state index contributed by atoms with van der Waals surface area (Å²) >= 11 is 0. The van der Waals surface area contributed by atoms with E-state index in [0.717, 1.165) is 24.3 Å². The van der Waals surface area contributed by atoms with Gasteiger partial charge in [-0.3, -0.25) is 9.89 Å². The lowest BCUT2D eigenvalue weighted by molar-refractivity contribution is 0.0977. The summed E-state index contributed by atoms with van der Waals surface area (Å²) in [6.45, 7) is 3.17. The van der Waals surface area contributed by atoms with Crippen LogP contribution in [0.25, 0.3) is 0 Å². The lowest BCUT2D eigenvalue weighted by Crippen LogP contribution is -2.32. The van der Waals surface area contributed by atoms with E-state index in [1.165, 1.54) is 0 Å². The van der Waals surface area contributed by atoms with E-state index in [1.54, 1.807) is 4.90 Å². The average molecular weight is 272 g/mol. The van der Waals surface area contributed by atoms with Crippen LogP contribution >= 0.6 is 0 Å². The zero-order valence-electron chi connectivity index (χ0n) is 11.3. The molecule has 0 atom stereocenters. The molecule has 0 spiro atoms. The third kappa shape index (κ3) is 2.24. The topological polar surface area (TPSA) is 71.1 Å². The molecule has 0 saturated heterocycles. The zero-order valence-corrected chi connectivity index (χ0v) is 11.3. The van der Waals surface area contributed by atoms with Crippen LogP contribution in [0.4, 0.5) is 5.69 Å². The molecule has 0 saturated carbocycles. The molecule has 2 aromatic rings. The first-order valence-electron chi connectivity index (χ1n) is 6.74. The normalized spacial score (nSPS) is 14.3. The number of fused-ring (bicyclic) bond motifs is 1. The van der Waals surface area contributed by atoms with Gasteiger partial charge in [-0.25, -0.2) is 4.98 Å². The number of amides is 1. The number of aryl methyl sites for hydroxylation is 1. The van der Waals surface area contributed by atoms with Crippen LogP contribution in [0.5, 0.6) is 5.75 Å². The number of benzene rings is 1. The first-order valence-corrected chi connectivity index (χ1v) is 6.74. The smallest absolute Gasteiger partial charge is 0.298 e. The first kappa shape index (κ1) is 12.7. The van der Waals surface area contributed by atoms with Gasteiger partial charge in [0.1, 0.15) is 11.6 Å². The van der Waals surface area contributed by atoms with E-state index in [4.69, 9.17) is 4.74 Å². The van der Waals surface area contributed by atoms with E-state index < -0.39 is 0 Å². The molecule has 104 valence electrons. The molecule has 3 rings (SSSR count). The number of para-hydroxylation sites is 2. The minimum Gasteiger partial charge on any atom is -0.491 e. The van der Waals surface area contributed by atoms with Gasteiger partial charge >= 0.3 is 0 Å². The molecule has 1 aromatic carbocycles. The number of H-pyrrole nitrogens is 1. The Kier molecular flexibility index (Phi) is 3.37. The van der Waals surface area contributed by atoms with Gasteiger partial charge in [-0.2, -0.15) is 0 Å². The molecule has 0 bridgehead atoms. The second kappa shape index (κ2) is 5.32. The molecule has 1 aromatic heterocycles. The number of aromatic nitrogens is 3. The number of aromatic amines is 1. The standard InChI is InChI=1S/C14H16N4O2/c1-2-12-15-13(17-16-12)14(19)18-8-5-9-20-11-7-4-3-6-10(11)18/h3-4,6-7H,2,5,8-9H2,1H3,(H,15,16,17). The van der Waals surface area contributed by atoms with Crippen molar-refractivity contribution in [1.82, 2.24) is 15.2 Å². The molecule has 1 amide bonds. The van der Waals surface area contributed by atoms with Crippen molar-refractivity contribution in [3.8, 4) is 5.75 Å². The fraction of sp³-hybridized carbons (Fsp3) is 0.357. The molecule has 1 aliphatic rings. The summed E-state index contributed by atoms with van der Waals surface area (Å²) in [6, 6.07) is 7.54. The molecule has 1 N–H and O–H groups in total. The average Bonchev–Trinajstić information content (AvgIpc) is 2.86. The van der Waals surface area contributed by atoms with E-state index in [9.17, 15) is 4.79 Å². The number of hydrogen-bond acceptors (Lipinski definition) is 4. The lowest BCUT2D eigenvalue weighted by Gasteiger charge is -2.19. The molecule has 2 heterocycles. The highest BCUT2D eigenvalue weighted by Gasteiger charge is 2.25. The van der Waals surface area contributed by atoms with Gasteiger partial charge in [-0.15, -0.1) is 5.10 Å². The summed E-state index contributed by atoms with van der Waals surface area (Å²) in [7, 11) is 0. The Bertz CT molecular complexity index is 623. The number of carbonyl (C=O) groups is 1. The third-order valence-electron chi connectivity index (χ3n) is 3.24. The maximum Gasteiger partial charge on any atom is 0.298 e.